The van der Waals surface area contributed by atoms with E-state index in [-0.39, 0.29) is 10.5 Å². The van der Waals surface area contributed by atoms with Gasteiger partial charge in [0.25, 0.3) is 0 Å². The van der Waals surface area contributed by atoms with Crippen molar-refractivity contribution in [2.45, 2.75) is 44.1 Å². The fourth-order valence-corrected chi connectivity index (χ4v) is 4.17. The molecule has 1 aliphatic rings. The van der Waals surface area contributed by atoms with Crippen LogP contribution in [0.3, 0.4) is 0 Å². The molecule has 2 nitrogen and oxygen atoms in total. The average molecular weight is 176 g/mol. The van der Waals surface area contributed by atoms with Gasteiger partial charge in [-0.2, -0.15) is 0 Å². The molecule has 0 radical (unpaired) electrons. The van der Waals surface area contributed by atoms with Crippen LogP contribution in [-0.2, 0) is 9.84 Å². The van der Waals surface area contributed by atoms with Crippen molar-refractivity contribution in [3.8, 4) is 0 Å². The molecule has 3 heteroatoms. The normalized spacial score (nSPS) is 42.6. The molecule has 11 heavy (non-hydrogen) atoms. The molecule has 0 aromatic carbocycles. The SMILES string of the molecule is CCC1CC(C)C(C)S1(=O)=O. The van der Waals surface area contributed by atoms with Gasteiger partial charge in [0.15, 0.2) is 9.84 Å². The van der Waals surface area contributed by atoms with Crippen LogP contribution in [0.5, 0.6) is 0 Å². The minimum absolute atomic E-state index is 0.0625. The molecule has 0 amide bonds. The first-order chi connectivity index (χ1) is 5.00. The molecule has 1 saturated heterocycles. The van der Waals surface area contributed by atoms with E-state index in [4.69, 9.17) is 0 Å². The summed E-state index contributed by atoms with van der Waals surface area (Å²) in [6.07, 6.45) is 1.64. The van der Waals surface area contributed by atoms with Gasteiger partial charge in [0.05, 0.1) is 10.5 Å². The lowest BCUT2D eigenvalue weighted by atomic mass is 10.0. The first kappa shape index (κ1) is 9.04. The smallest absolute Gasteiger partial charge is 0.156 e. The van der Waals surface area contributed by atoms with Gasteiger partial charge in [0, 0.05) is 0 Å². The van der Waals surface area contributed by atoms with Crippen LogP contribution in [-0.4, -0.2) is 18.9 Å². The molecule has 0 aromatic rings. The molecule has 0 saturated carbocycles. The molecular weight excluding hydrogens is 160 g/mol. The lowest BCUT2D eigenvalue weighted by molar-refractivity contribution is 0.545. The fraction of sp³-hybridized carbons (Fsp3) is 1.00. The van der Waals surface area contributed by atoms with Gasteiger partial charge in [-0.3, -0.25) is 0 Å². The van der Waals surface area contributed by atoms with E-state index in [0.717, 1.165) is 12.8 Å². The molecule has 3 atom stereocenters. The molecule has 1 rings (SSSR count). The molecule has 0 aliphatic carbocycles. The van der Waals surface area contributed by atoms with E-state index in [1.165, 1.54) is 0 Å². The first-order valence-corrected chi connectivity index (χ1v) is 5.83. The predicted molar refractivity (Wildman–Crippen MR) is 46.2 cm³/mol. The van der Waals surface area contributed by atoms with Crippen molar-refractivity contribution in [1.82, 2.24) is 0 Å². The van der Waals surface area contributed by atoms with E-state index in [9.17, 15) is 8.42 Å². The number of hydrogen-bond donors (Lipinski definition) is 0. The maximum atomic E-state index is 11.5. The minimum Gasteiger partial charge on any atom is -0.228 e. The number of hydrogen-bond acceptors (Lipinski definition) is 2. The van der Waals surface area contributed by atoms with Gasteiger partial charge in [-0.1, -0.05) is 13.8 Å². The standard InChI is InChI=1S/C8H16O2S/c1-4-8-5-6(2)7(3)11(8,9)10/h6-8H,4-5H2,1-3H3. The Hall–Kier alpha value is -0.0500. The van der Waals surface area contributed by atoms with E-state index in [2.05, 4.69) is 0 Å². The Kier molecular flexibility index (Phi) is 2.28. The summed E-state index contributed by atoms with van der Waals surface area (Å²) in [5.74, 6) is 0.352. The van der Waals surface area contributed by atoms with E-state index in [1.807, 2.05) is 20.8 Å². The van der Waals surface area contributed by atoms with Crippen LogP contribution in [0, 0.1) is 5.92 Å². The molecule has 1 aliphatic heterocycles. The Morgan fingerprint density at radius 3 is 2.09 bits per heavy atom. The quantitative estimate of drug-likeness (QED) is 0.608. The summed E-state index contributed by atoms with van der Waals surface area (Å²) in [4.78, 5) is 0. The zero-order valence-electron chi connectivity index (χ0n) is 7.37. The zero-order chi connectivity index (χ0) is 8.65. The highest BCUT2D eigenvalue weighted by Crippen LogP contribution is 2.33. The molecule has 0 aromatic heterocycles. The van der Waals surface area contributed by atoms with Crippen molar-refractivity contribution in [3.05, 3.63) is 0 Å². The van der Waals surface area contributed by atoms with Crippen LogP contribution in [0.25, 0.3) is 0 Å². The third-order valence-electron chi connectivity index (χ3n) is 2.87. The second-order valence-electron chi connectivity index (χ2n) is 3.54. The van der Waals surface area contributed by atoms with Crippen LogP contribution in [0.4, 0.5) is 0 Å². The topological polar surface area (TPSA) is 34.1 Å². The third kappa shape index (κ3) is 1.31. The molecule has 66 valence electrons. The highest BCUT2D eigenvalue weighted by molar-refractivity contribution is 7.92. The molecule has 3 unspecified atom stereocenters. The molecule has 0 spiro atoms. The molecule has 1 heterocycles. The molecule has 0 bridgehead atoms. The van der Waals surface area contributed by atoms with Crippen molar-refractivity contribution in [3.63, 3.8) is 0 Å². The summed E-state index contributed by atoms with van der Waals surface area (Å²) in [5.41, 5.74) is 0. The Balaban J connectivity index is 2.92. The van der Waals surface area contributed by atoms with Crippen molar-refractivity contribution < 1.29 is 8.42 Å². The van der Waals surface area contributed by atoms with Crippen LogP contribution < -0.4 is 0 Å². The van der Waals surface area contributed by atoms with Gasteiger partial charge in [-0.15, -0.1) is 0 Å². The summed E-state index contributed by atoms with van der Waals surface area (Å²) >= 11 is 0. The summed E-state index contributed by atoms with van der Waals surface area (Å²) in [7, 11) is -2.77. The number of rotatable bonds is 1. The van der Waals surface area contributed by atoms with Crippen LogP contribution >= 0.6 is 0 Å². The highest BCUT2D eigenvalue weighted by atomic mass is 32.2. The predicted octanol–water partition coefficient (Wildman–Crippen LogP) is 1.61. The Morgan fingerprint density at radius 2 is 1.91 bits per heavy atom. The second kappa shape index (κ2) is 2.77. The molecule has 0 N–H and O–H groups in total. The lowest BCUT2D eigenvalue weighted by Gasteiger charge is -2.07. The van der Waals surface area contributed by atoms with Gasteiger partial charge >= 0.3 is 0 Å². The van der Waals surface area contributed by atoms with Crippen molar-refractivity contribution >= 4 is 9.84 Å². The molecular formula is C8H16O2S. The van der Waals surface area contributed by atoms with E-state index in [1.54, 1.807) is 0 Å². The average Bonchev–Trinajstić information content (AvgIpc) is 2.13. The van der Waals surface area contributed by atoms with E-state index in [0.29, 0.717) is 5.92 Å². The van der Waals surface area contributed by atoms with Gasteiger partial charge in [0.2, 0.25) is 0 Å². The van der Waals surface area contributed by atoms with Crippen molar-refractivity contribution in [2.24, 2.45) is 5.92 Å². The Labute approximate surface area is 68.9 Å². The van der Waals surface area contributed by atoms with Gasteiger partial charge in [-0.05, 0) is 25.7 Å². The monoisotopic (exact) mass is 176 g/mol. The summed E-state index contributed by atoms with van der Waals surface area (Å²) in [5, 5.41) is -0.181. The third-order valence-corrected chi connectivity index (χ3v) is 5.83. The van der Waals surface area contributed by atoms with Gasteiger partial charge in [-0.25, -0.2) is 8.42 Å². The fourth-order valence-electron chi connectivity index (χ4n) is 1.77. The summed E-state index contributed by atoms with van der Waals surface area (Å²) < 4.78 is 23.1. The van der Waals surface area contributed by atoms with Crippen molar-refractivity contribution in [1.29, 1.82) is 0 Å². The van der Waals surface area contributed by atoms with Crippen molar-refractivity contribution in [2.75, 3.05) is 0 Å². The molecule has 1 fully saturated rings. The zero-order valence-corrected chi connectivity index (χ0v) is 8.19. The van der Waals surface area contributed by atoms with E-state index < -0.39 is 9.84 Å². The van der Waals surface area contributed by atoms with Crippen LogP contribution in [0.2, 0.25) is 0 Å². The first-order valence-electron chi connectivity index (χ1n) is 4.22. The number of sulfone groups is 1. The summed E-state index contributed by atoms with van der Waals surface area (Å²) in [6.45, 7) is 5.81. The van der Waals surface area contributed by atoms with Crippen LogP contribution in [0.1, 0.15) is 33.6 Å². The Bertz CT molecular complexity index is 230. The minimum atomic E-state index is -2.77. The summed E-state index contributed by atoms with van der Waals surface area (Å²) in [6, 6.07) is 0. The van der Waals surface area contributed by atoms with Gasteiger partial charge < -0.3 is 0 Å². The van der Waals surface area contributed by atoms with Gasteiger partial charge in [0.1, 0.15) is 0 Å². The second-order valence-corrected chi connectivity index (χ2v) is 6.13. The maximum Gasteiger partial charge on any atom is 0.156 e. The van der Waals surface area contributed by atoms with Crippen LogP contribution in [0.15, 0.2) is 0 Å². The van der Waals surface area contributed by atoms with E-state index >= 15 is 0 Å². The highest BCUT2D eigenvalue weighted by Gasteiger charge is 2.41. The lowest BCUT2D eigenvalue weighted by Crippen LogP contribution is -2.21. The maximum absolute atomic E-state index is 11.5. The Morgan fingerprint density at radius 1 is 1.36 bits per heavy atom. The largest absolute Gasteiger partial charge is 0.228 e.